The first-order valence-corrected chi connectivity index (χ1v) is 23.0. The largest absolute Gasteiger partial charge is 0.376 e. The van der Waals surface area contributed by atoms with Crippen molar-refractivity contribution in [2.75, 3.05) is 25.4 Å². The van der Waals surface area contributed by atoms with E-state index < -0.39 is 0 Å². The molecular formula is C42H74N2O3S2. The van der Waals surface area contributed by atoms with Gasteiger partial charge in [0.15, 0.2) is 0 Å². The van der Waals surface area contributed by atoms with Crippen LogP contribution in [-0.4, -0.2) is 49.0 Å². The maximum absolute atomic E-state index is 12.3. The maximum Gasteiger partial charge on any atom is 0.230 e. The average Bonchev–Trinajstić information content (AvgIpc) is 3.44. The van der Waals surface area contributed by atoms with Gasteiger partial charge in [-0.3, -0.25) is 4.79 Å². The number of nitrogens with one attached hydrogen (secondary N) is 1. The van der Waals surface area contributed by atoms with Gasteiger partial charge in [-0.25, -0.2) is 0 Å². The molecule has 0 aromatic rings. The molecule has 0 aromatic heterocycles. The fourth-order valence-electron chi connectivity index (χ4n) is 10.9. The van der Waals surface area contributed by atoms with Crippen molar-refractivity contribution in [2.24, 2.45) is 52.1 Å². The molecule has 0 radical (unpaired) electrons. The number of allylic oxidation sites excluding steroid dienone is 1. The topological polar surface area (TPSA) is 81.4 Å². The van der Waals surface area contributed by atoms with E-state index in [0.29, 0.717) is 23.2 Å². The molecule has 3 fully saturated rings. The summed E-state index contributed by atoms with van der Waals surface area (Å²) in [6.45, 7) is 14.6. The molecule has 0 aliphatic heterocycles. The zero-order valence-corrected chi connectivity index (χ0v) is 33.8. The van der Waals surface area contributed by atoms with Gasteiger partial charge in [-0.2, -0.15) is 0 Å². The first kappa shape index (κ1) is 41.3. The number of amides is 1. The molecule has 0 spiro atoms. The molecule has 7 heteroatoms. The Morgan fingerprint density at radius 3 is 2.41 bits per heavy atom. The first-order chi connectivity index (χ1) is 23.6. The Bertz CT molecular complexity index is 1040. The van der Waals surface area contributed by atoms with Crippen molar-refractivity contribution >= 4 is 33.8 Å². The van der Waals surface area contributed by atoms with Gasteiger partial charge < -0.3 is 20.6 Å². The van der Waals surface area contributed by atoms with Crippen LogP contribution in [0, 0.1) is 46.3 Å². The number of ether oxygens (including phenoxy) is 1. The second-order valence-corrected chi connectivity index (χ2v) is 20.1. The van der Waals surface area contributed by atoms with E-state index in [4.69, 9.17) is 10.5 Å². The predicted octanol–water partition coefficient (Wildman–Crippen LogP) is 10.6. The molecule has 0 aromatic carbocycles. The first-order valence-electron chi connectivity index (χ1n) is 20.6. The molecule has 4 rings (SSSR count). The van der Waals surface area contributed by atoms with Crippen LogP contribution in [0.25, 0.3) is 0 Å². The Morgan fingerprint density at radius 1 is 0.959 bits per heavy atom. The number of hydrogen-bond acceptors (Lipinski definition) is 6. The van der Waals surface area contributed by atoms with Crippen LogP contribution in [0.3, 0.4) is 0 Å². The van der Waals surface area contributed by atoms with Gasteiger partial charge in [0, 0.05) is 6.54 Å². The number of carbonyl (C=O) groups excluding carboxylic acids is 2. The third-order valence-corrected chi connectivity index (χ3v) is 16.3. The highest BCUT2D eigenvalue weighted by atomic mass is 33.1. The number of rotatable bonds is 23. The van der Waals surface area contributed by atoms with Gasteiger partial charge in [0.1, 0.15) is 6.29 Å². The Hall–Kier alpha value is -0.500. The number of fused-ring (bicyclic) bond motifs is 5. The Balaban J connectivity index is 1.14. The molecule has 0 saturated heterocycles. The lowest BCUT2D eigenvalue weighted by Crippen LogP contribution is -2.51. The molecule has 4 aliphatic rings. The minimum Gasteiger partial charge on any atom is -0.376 e. The van der Waals surface area contributed by atoms with E-state index in [1.54, 1.807) is 5.57 Å². The van der Waals surface area contributed by atoms with Crippen molar-refractivity contribution in [3.05, 3.63) is 11.6 Å². The standard InChI is InChI=1S/C42H74N2O3S2/c1-31(2)15-14-16-32(3)37-19-20-38-36-18-17-33-27-34(21-23-41(33,4)39(36)22-24-42(37,38)5)47-29-35(28-45)49-48-30-40(46)44-26-13-11-9-7-6-8-10-12-25-43/h17,28,31-32,34-39H,6-16,18-27,29-30,43H2,1-5H3,(H,44,46)/t32-,34+,35?,36+,37-,38+,39+,41+,42-/m1/s1. The summed E-state index contributed by atoms with van der Waals surface area (Å²) in [6, 6.07) is 0. The Kier molecular flexibility index (Phi) is 17.4. The van der Waals surface area contributed by atoms with E-state index >= 15 is 0 Å². The van der Waals surface area contributed by atoms with E-state index in [2.05, 4.69) is 46.0 Å². The number of aldehydes is 1. The molecular weight excluding hydrogens is 645 g/mol. The zero-order valence-electron chi connectivity index (χ0n) is 32.2. The van der Waals surface area contributed by atoms with Crippen molar-refractivity contribution in [1.29, 1.82) is 0 Å². The van der Waals surface area contributed by atoms with Crippen LogP contribution in [-0.2, 0) is 14.3 Å². The van der Waals surface area contributed by atoms with Crippen LogP contribution in [0.1, 0.15) is 157 Å². The molecule has 0 heterocycles. The van der Waals surface area contributed by atoms with Gasteiger partial charge in [-0.05, 0) is 117 Å². The molecule has 49 heavy (non-hydrogen) atoms. The summed E-state index contributed by atoms with van der Waals surface area (Å²) < 4.78 is 6.42. The molecule has 1 amide bonds. The van der Waals surface area contributed by atoms with Crippen molar-refractivity contribution < 1.29 is 14.3 Å². The van der Waals surface area contributed by atoms with Gasteiger partial charge in [0.2, 0.25) is 5.91 Å². The van der Waals surface area contributed by atoms with Gasteiger partial charge in [0.05, 0.1) is 23.7 Å². The third-order valence-electron chi connectivity index (χ3n) is 13.7. The van der Waals surface area contributed by atoms with Crippen LogP contribution in [0.2, 0.25) is 0 Å². The molecule has 5 nitrogen and oxygen atoms in total. The Labute approximate surface area is 309 Å². The van der Waals surface area contributed by atoms with Crippen LogP contribution < -0.4 is 11.1 Å². The molecule has 9 atom stereocenters. The average molecular weight is 719 g/mol. The predicted molar refractivity (Wildman–Crippen MR) is 212 cm³/mol. The number of unbranched alkanes of at least 4 members (excludes halogenated alkanes) is 7. The van der Waals surface area contributed by atoms with E-state index in [9.17, 15) is 9.59 Å². The summed E-state index contributed by atoms with van der Waals surface area (Å²) in [6.07, 6.45) is 28.0. The number of nitrogens with two attached hydrogens (primary N) is 1. The highest BCUT2D eigenvalue weighted by molar-refractivity contribution is 8.77. The second-order valence-electron chi connectivity index (χ2n) is 17.5. The smallest absolute Gasteiger partial charge is 0.230 e. The third kappa shape index (κ3) is 11.5. The number of carbonyl (C=O) groups is 2. The normalized spacial score (nSPS) is 32.1. The summed E-state index contributed by atoms with van der Waals surface area (Å²) in [5.41, 5.74) is 8.05. The SMILES string of the molecule is CC(C)CCC[C@@H](C)[C@H]1CC[C@H]2[C@@H]3CC=C4C[C@@H](OCC(C=O)SSCC(=O)NCCCCCCCCCCN)CC[C@]4(C)[C@H]3CC[C@]12C. The maximum atomic E-state index is 12.3. The van der Waals surface area contributed by atoms with Crippen LogP contribution in [0.4, 0.5) is 0 Å². The van der Waals surface area contributed by atoms with Crippen LogP contribution >= 0.6 is 21.6 Å². The minimum absolute atomic E-state index is 0.0614. The van der Waals surface area contributed by atoms with E-state index in [-0.39, 0.29) is 17.3 Å². The van der Waals surface area contributed by atoms with Gasteiger partial charge >= 0.3 is 0 Å². The monoisotopic (exact) mass is 719 g/mol. The molecule has 1 unspecified atom stereocenters. The van der Waals surface area contributed by atoms with Crippen molar-refractivity contribution in [3.63, 3.8) is 0 Å². The lowest BCUT2D eigenvalue weighted by atomic mass is 9.47. The second kappa shape index (κ2) is 20.7. The summed E-state index contributed by atoms with van der Waals surface area (Å²) in [5.74, 6) is 5.60. The molecule has 282 valence electrons. The van der Waals surface area contributed by atoms with E-state index in [0.717, 1.165) is 80.6 Å². The molecule has 0 bridgehead atoms. The van der Waals surface area contributed by atoms with Gasteiger partial charge in [0.25, 0.3) is 0 Å². The fourth-order valence-corrected chi connectivity index (χ4v) is 12.9. The van der Waals surface area contributed by atoms with Crippen molar-refractivity contribution in [2.45, 2.75) is 168 Å². The molecule has 4 aliphatic carbocycles. The highest BCUT2D eigenvalue weighted by Crippen LogP contribution is 2.67. The summed E-state index contributed by atoms with van der Waals surface area (Å²) in [5, 5.41) is 2.81. The number of hydrogen-bond donors (Lipinski definition) is 2. The fraction of sp³-hybridized carbons (Fsp3) is 0.905. The molecule has 3 N–H and O–H groups in total. The highest BCUT2D eigenvalue weighted by Gasteiger charge is 2.59. The Morgan fingerprint density at radius 2 is 1.69 bits per heavy atom. The van der Waals surface area contributed by atoms with E-state index in [1.807, 2.05) is 0 Å². The van der Waals surface area contributed by atoms with Crippen molar-refractivity contribution in [3.8, 4) is 0 Å². The van der Waals surface area contributed by atoms with E-state index in [1.165, 1.54) is 118 Å². The van der Waals surface area contributed by atoms with Gasteiger partial charge in [-0.1, -0.05) is 126 Å². The zero-order chi connectivity index (χ0) is 35.3. The summed E-state index contributed by atoms with van der Waals surface area (Å²) >= 11 is 0. The summed E-state index contributed by atoms with van der Waals surface area (Å²) in [4.78, 5) is 24.2. The lowest BCUT2D eigenvalue weighted by molar-refractivity contribution is -0.118. The molecule has 3 saturated carbocycles. The van der Waals surface area contributed by atoms with Crippen molar-refractivity contribution in [1.82, 2.24) is 5.32 Å². The van der Waals surface area contributed by atoms with Gasteiger partial charge in [-0.15, -0.1) is 0 Å². The van der Waals surface area contributed by atoms with Crippen LogP contribution in [0.5, 0.6) is 0 Å². The lowest BCUT2D eigenvalue weighted by Gasteiger charge is -2.58. The van der Waals surface area contributed by atoms with Crippen LogP contribution in [0.15, 0.2) is 11.6 Å². The summed E-state index contributed by atoms with van der Waals surface area (Å²) in [7, 11) is 2.97. The quantitative estimate of drug-likeness (QED) is 0.0474. The minimum atomic E-state index is -0.236.